The lowest BCUT2D eigenvalue weighted by Gasteiger charge is -2.30. The fraction of sp³-hybridized carbons (Fsp3) is 0.786. The van der Waals surface area contributed by atoms with Crippen LogP contribution in [-0.2, 0) is 9.53 Å². The Morgan fingerprint density at radius 3 is 2.38 bits per heavy atom. The third kappa shape index (κ3) is 4.81. The Morgan fingerprint density at radius 1 is 1.29 bits per heavy atom. The van der Waals surface area contributed by atoms with Gasteiger partial charge in [-0.15, -0.1) is 0 Å². The molecule has 1 saturated heterocycles. The van der Waals surface area contributed by atoms with Gasteiger partial charge in [0.1, 0.15) is 11.6 Å². The van der Waals surface area contributed by atoms with Crippen molar-refractivity contribution in [3.05, 3.63) is 0 Å². The SMILES string of the molecule is CC(C)C(NC(=O)OC(C)(C)C)C(=O)N1CCCN1C#N. The number of carbonyl (C=O) groups is 2. The van der Waals surface area contributed by atoms with Crippen molar-refractivity contribution in [3.8, 4) is 6.19 Å². The van der Waals surface area contributed by atoms with E-state index in [9.17, 15) is 9.59 Å². The van der Waals surface area contributed by atoms with Gasteiger partial charge in [0.05, 0.1) is 6.54 Å². The largest absolute Gasteiger partial charge is 0.444 e. The Balaban J connectivity index is 2.76. The molecule has 2 amide bonds. The highest BCUT2D eigenvalue weighted by molar-refractivity contribution is 5.86. The molecule has 1 aliphatic rings. The van der Waals surface area contributed by atoms with Gasteiger partial charge in [0.25, 0.3) is 5.91 Å². The summed E-state index contributed by atoms with van der Waals surface area (Å²) in [6.07, 6.45) is 2.09. The number of hydrogen-bond acceptors (Lipinski definition) is 5. The minimum Gasteiger partial charge on any atom is -0.444 e. The summed E-state index contributed by atoms with van der Waals surface area (Å²) in [6.45, 7) is 9.98. The maximum atomic E-state index is 12.5. The van der Waals surface area contributed by atoms with Crippen LogP contribution >= 0.6 is 0 Å². The van der Waals surface area contributed by atoms with E-state index < -0.39 is 17.7 Å². The maximum absolute atomic E-state index is 12.5. The lowest BCUT2D eigenvalue weighted by atomic mass is 10.0. The summed E-state index contributed by atoms with van der Waals surface area (Å²) in [7, 11) is 0. The van der Waals surface area contributed by atoms with Gasteiger partial charge in [-0.2, -0.15) is 5.26 Å². The van der Waals surface area contributed by atoms with Crippen LogP contribution in [0, 0.1) is 17.4 Å². The molecule has 7 heteroatoms. The minimum atomic E-state index is -0.714. The van der Waals surface area contributed by atoms with Crippen molar-refractivity contribution in [2.75, 3.05) is 13.1 Å². The lowest BCUT2D eigenvalue weighted by Crippen LogP contribution is -2.54. The van der Waals surface area contributed by atoms with Crippen molar-refractivity contribution in [1.29, 1.82) is 5.26 Å². The zero-order chi connectivity index (χ0) is 16.2. The van der Waals surface area contributed by atoms with Crippen molar-refractivity contribution >= 4 is 12.0 Å². The highest BCUT2D eigenvalue weighted by Crippen LogP contribution is 2.15. The number of hydrogen-bond donors (Lipinski definition) is 1. The van der Waals surface area contributed by atoms with E-state index >= 15 is 0 Å². The molecule has 118 valence electrons. The Hall–Kier alpha value is -1.97. The summed E-state index contributed by atoms with van der Waals surface area (Å²) in [5.74, 6) is -0.388. The van der Waals surface area contributed by atoms with Gasteiger partial charge in [-0.1, -0.05) is 13.8 Å². The molecule has 0 aliphatic carbocycles. The molecular formula is C14H24N4O3. The number of nitrogens with zero attached hydrogens (tertiary/aromatic N) is 3. The predicted molar refractivity (Wildman–Crippen MR) is 76.6 cm³/mol. The van der Waals surface area contributed by atoms with Gasteiger partial charge in [0, 0.05) is 6.54 Å². The van der Waals surface area contributed by atoms with Crippen LogP contribution in [-0.4, -0.2) is 46.8 Å². The number of carbonyl (C=O) groups excluding carboxylic acids is 2. The Bertz CT molecular complexity index is 436. The van der Waals surface area contributed by atoms with Gasteiger partial charge in [0.15, 0.2) is 6.19 Å². The number of nitrogens with one attached hydrogen (secondary N) is 1. The summed E-state index contributed by atoms with van der Waals surface area (Å²) in [5.41, 5.74) is -0.624. The summed E-state index contributed by atoms with van der Waals surface area (Å²) in [6, 6.07) is -0.714. The van der Waals surface area contributed by atoms with Crippen molar-refractivity contribution < 1.29 is 14.3 Å². The normalized spacial score (nSPS) is 16.6. The van der Waals surface area contributed by atoms with Gasteiger partial charge < -0.3 is 10.1 Å². The van der Waals surface area contributed by atoms with Crippen LogP contribution in [0.1, 0.15) is 41.0 Å². The van der Waals surface area contributed by atoms with Gasteiger partial charge in [-0.25, -0.2) is 14.8 Å². The Kier molecular flexibility index (Phi) is 5.41. The second-order valence-corrected chi connectivity index (χ2v) is 6.41. The average Bonchev–Trinajstić information content (AvgIpc) is 2.80. The van der Waals surface area contributed by atoms with Crippen LogP contribution < -0.4 is 5.32 Å². The number of ether oxygens (including phenoxy) is 1. The highest BCUT2D eigenvalue weighted by atomic mass is 16.6. The van der Waals surface area contributed by atoms with E-state index in [4.69, 9.17) is 10.00 Å². The average molecular weight is 296 g/mol. The summed E-state index contributed by atoms with van der Waals surface area (Å²) in [4.78, 5) is 24.4. The summed E-state index contributed by atoms with van der Waals surface area (Å²) >= 11 is 0. The topological polar surface area (TPSA) is 85.7 Å². The van der Waals surface area contributed by atoms with Gasteiger partial charge in [-0.3, -0.25) is 4.79 Å². The molecule has 1 N–H and O–H groups in total. The first-order chi connectivity index (χ1) is 9.65. The molecule has 21 heavy (non-hydrogen) atoms. The summed E-state index contributed by atoms with van der Waals surface area (Å²) in [5, 5.41) is 14.3. The van der Waals surface area contributed by atoms with Crippen LogP contribution in [0.2, 0.25) is 0 Å². The second kappa shape index (κ2) is 6.66. The Labute approximate surface area is 125 Å². The van der Waals surface area contributed by atoms with Crippen molar-refractivity contribution in [1.82, 2.24) is 15.3 Å². The maximum Gasteiger partial charge on any atom is 0.408 e. The Morgan fingerprint density at radius 2 is 1.90 bits per heavy atom. The quantitative estimate of drug-likeness (QED) is 0.797. The van der Waals surface area contributed by atoms with Gasteiger partial charge in [0.2, 0.25) is 0 Å². The van der Waals surface area contributed by atoms with Crippen molar-refractivity contribution in [3.63, 3.8) is 0 Å². The molecule has 1 heterocycles. The van der Waals surface area contributed by atoms with E-state index in [1.165, 1.54) is 10.0 Å². The van der Waals surface area contributed by atoms with E-state index in [-0.39, 0.29) is 11.8 Å². The van der Waals surface area contributed by atoms with E-state index in [0.717, 1.165) is 6.42 Å². The van der Waals surface area contributed by atoms with Crippen molar-refractivity contribution in [2.45, 2.75) is 52.7 Å². The van der Waals surface area contributed by atoms with Gasteiger partial charge >= 0.3 is 6.09 Å². The summed E-state index contributed by atoms with van der Waals surface area (Å²) < 4.78 is 5.18. The minimum absolute atomic E-state index is 0.105. The number of rotatable bonds is 3. The van der Waals surface area contributed by atoms with Crippen LogP contribution in [0.4, 0.5) is 4.79 Å². The van der Waals surface area contributed by atoms with Crippen LogP contribution in [0.3, 0.4) is 0 Å². The number of nitriles is 1. The van der Waals surface area contributed by atoms with Crippen molar-refractivity contribution in [2.24, 2.45) is 5.92 Å². The molecule has 0 spiro atoms. The molecule has 0 aromatic heterocycles. The zero-order valence-electron chi connectivity index (χ0n) is 13.3. The molecule has 0 bridgehead atoms. The fourth-order valence-electron chi connectivity index (χ4n) is 2.05. The molecular weight excluding hydrogens is 272 g/mol. The van der Waals surface area contributed by atoms with Gasteiger partial charge in [-0.05, 0) is 33.1 Å². The molecule has 1 unspecified atom stereocenters. The van der Waals surface area contributed by atoms with E-state index in [2.05, 4.69) is 5.32 Å². The number of hydrazine groups is 1. The van der Waals surface area contributed by atoms with E-state index in [1.54, 1.807) is 20.8 Å². The van der Waals surface area contributed by atoms with Crippen LogP contribution in [0.5, 0.6) is 0 Å². The molecule has 0 saturated carbocycles. The highest BCUT2D eigenvalue weighted by Gasteiger charge is 2.34. The first kappa shape index (κ1) is 17.1. The first-order valence-corrected chi connectivity index (χ1v) is 7.14. The van der Waals surface area contributed by atoms with Crippen LogP contribution in [0.25, 0.3) is 0 Å². The molecule has 1 rings (SSSR count). The third-order valence-electron chi connectivity index (χ3n) is 3.01. The first-order valence-electron chi connectivity index (χ1n) is 7.14. The molecule has 1 fully saturated rings. The molecule has 1 aliphatic heterocycles. The molecule has 0 aromatic carbocycles. The standard InChI is InChI=1S/C14H24N4O3/c1-10(2)11(16-13(20)21-14(3,4)5)12(19)18-8-6-7-17(18)9-15/h10-11H,6-8H2,1-5H3,(H,16,20). The molecule has 0 aromatic rings. The second-order valence-electron chi connectivity index (χ2n) is 6.41. The van der Waals surface area contributed by atoms with E-state index in [1.807, 2.05) is 20.0 Å². The number of alkyl carbamates (subject to hydrolysis) is 1. The van der Waals surface area contributed by atoms with E-state index in [0.29, 0.717) is 13.1 Å². The smallest absolute Gasteiger partial charge is 0.408 e. The molecule has 1 atom stereocenters. The third-order valence-corrected chi connectivity index (χ3v) is 3.01. The fourth-order valence-corrected chi connectivity index (χ4v) is 2.05. The monoisotopic (exact) mass is 296 g/mol. The zero-order valence-corrected chi connectivity index (χ0v) is 13.3. The molecule has 7 nitrogen and oxygen atoms in total. The van der Waals surface area contributed by atoms with Crippen LogP contribution in [0.15, 0.2) is 0 Å². The molecule has 0 radical (unpaired) electrons. The number of amides is 2. The lowest BCUT2D eigenvalue weighted by molar-refractivity contribution is -0.143. The predicted octanol–water partition coefficient (Wildman–Crippen LogP) is 1.47.